The maximum Gasteiger partial charge on any atom is 0.321 e. The zero-order valence-corrected chi connectivity index (χ0v) is 12.0. The summed E-state index contributed by atoms with van der Waals surface area (Å²) in [6.45, 7) is 6.67. The monoisotopic (exact) mass is 275 g/mol. The molecule has 0 saturated carbocycles. The van der Waals surface area contributed by atoms with E-state index < -0.39 is 6.03 Å². The number of hydrogen-bond donors (Lipinski definition) is 2. The molecule has 0 aliphatic rings. The van der Waals surface area contributed by atoms with Gasteiger partial charge in [0.05, 0.1) is 6.54 Å². The van der Waals surface area contributed by atoms with Crippen LogP contribution in [-0.2, 0) is 11.3 Å². The van der Waals surface area contributed by atoms with Gasteiger partial charge < -0.3 is 5.32 Å². The Kier molecular flexibility index (Phi) is 6.46. The maximum absolute atomic E-state index is 11.7. The van der Waals surface area contributed by atoms with Crippen molar-refractivity contribution in [1.29, 1.82) is 0 Å². The number of amides is 3. The third-order valence-electron chi connectivity index (χ3n) is 2.77. The number of carbonyl (C=O) groups is 2. The van der Waals surface area contributed by atoms with Crippen LogP contribution in [0.3, 0.4) is 0 Å². The molecule has 2 N–H and O–H groups in total. The van der Waals surface area contributed by atoms with Crippen LogP contribution in [0.5, 0.6) is 0 Å². The largest absolute Gasteiger partial charge is 0.334 e. The highest BCUT2D eigenvalue weighted by molar-refractivity contribution is 5.95. The molecule has 5 nitrogen and oxygen atoms in total. The van der Waals surface area contributed by atoms with E-state index in [9.17, 15) is 9.59 Å². The predicted octanol–water partition coefficient (Wildman–Crippen LogP) is 1.44. The number of nitrogens with zero attached hydrogens (tertiary/aromatic N) is 1. The van der Waals surface area contributed by atoms with Crippen molar-refractivity contribution in [2.75, 3.05) is 20.1 Å². The molecular weight excluding hydrogens is 254 g/mol. The smallest absolute Gasteiger partial charge is 0.321 e. The number of hydrogen-bond acceptors (Lipinski definition) is 3. The number of benzene rings is 1. The van der Waals surface area contributed by atoms with Gasteiger partial charge >= 0.3 is 6.03 Å². The molecule has 1 aromatic rings. The van der Waals surface area contributed by atoms with E-state index in [-0.39, 0.29) is 12.5 Å². The standard InChI is InChI=1S/C15H21N3O2/c1-4-9-16-15(20)17-14(19)11-18(3)10-13-8-6-5-7-12(13)2/h4-8H,1,9-11H2,2-3H3,(H2,16,17,19,20). The van der Waals surface area contributed by atoms with Crippen LogP contribution in [0, 0.1) is 6.92 Å². The summed E-state index contributed by atoms with van der Waals surface area (Å²) in [5.41, 5.74) is 2.35. The van der Waals surface area contributed by atoms with Gasteiger partial charge in [-0.3, -0.25) is 15.0 Å². The van der Waals surface area contributed by atoms with Crippen molar-refractivity contribution in [3.8, 4) is 0 Å². The van der Waals surface area contributed by atoms with E-state index in [1.165, 1.54) is 11.1 Å². The molecule has 0 aromatic heterocycles. The van der Waals surface area contributed by atoms with Crippen LogP contribution in [0.4, 0.5) is 4.79 Å². The fourth-order valence-corrected chi connectivity index (χ4v) is 1.75. The van der Waals surface area contributed by atoms with E-state index in [0.717, 1.165) is 0 Å². The molecule has 0 heterocycles. The molecule has 0 spiro atoms. The van der Waals surface area contributed by atoms with Gasteiger partial charge in [0.15, 0.2) is 0 Å². The van der Waals surface area contributed by atoms with Gasteiger partial charge in [0.2, 0.25) is 5.91 Å². The van der Waals surface area contributed by atoms with Crippen molar-refractivity contribution in [2.24, 2.45) is 0 Å². The molecule has 0 aliphatic carbocycles. The second-order valence-corrected chi connectivity index (χ2v) is 4.65. The van der Waals surface area contributed by atoms with E-state index >= 15 is 0 Å². The minimum absolute atomic E-state index is 0.163. The molecule has 1 rings (SSSR count). The van der Waals surface area contributed by atoms with Gasteiger partial charge in [0.25, 0.3) is 0 Å². The van der Waals surface area contributed by atoms with Crippen molar-refractivity contribution in [3.63, 3.8) is 0 Å². The van der Waals surface area contributed by atoms with Crippen molar-refractivity contribution < 1.29 is 9.59 Å². The molecular formula is C15H21N3O2. The summed E-state index contributed by atoms with van der Waals surface area (Å²) in [5, 5.41) is 4.76. The molecule has 0 aliphatic heterocycles. The number of likely N-dealkylation sites (N-methyl/N-ethyl adjacent to an activating group) is 1. The van der Waals surface area contributed by atoms with Gasteiger partial charge in [-0.1, -0.05) is 30.3 Å². The summed E-state index contributed by atoms with van der Waals surface area (Å²) in [6.07, 6.45) is 1.55. The van der Waals surface area contributed by atoms with Gasteiger partial charge in [-0.2, -0.15) is 0 Å². The molecule has 0 radical (unpaired) electrons. The Morgan fingerprint density at radius 1 is 1.35 bits per heavy atom. The summed E-state index contributed by atoms with van der Waals surface area (Å²) < 4.78 is 0. The molecule has 108 valence electrons. The zero-order valence-electron chi connectivity index (χ0n) is 12.0. The summed E-state index contributed by atoms with van der Waals surface area (Å²) in [4.78, 5) is 24.8. The normalized spacial score (nSPS) is 10.2. The molecule has 0 bridgehead atoms. The second kappa shape index (κ2) is 8.12. The molecule has 20 heavy (non-hydrogen) atoms. The highest BCUT2D eigenvalue weighted by Crippen LogP contribution is 2.08. The Balaban J connectivity index is 2.40. The third kappa shape index (κ3) is 5.67. The van der Waals surface area contributed by atoms with Crippen molar-refractivity contribution >= 4 is 11.9 Å². The van der Waals surface area contributed by atoms with Crippen LogP contribution in [0.1, 0.15) is 11.1 Å². The Labute approximate surface area is 119 Å². The lowest BCUT2D eigenvalue weighted by atomic mass is 10.1. The van der Waals surface area contributed by atoms with Gasteiger partial charge in [0.1, 0.15) is 0 Å². The second-order valence-electron chi connectivity index (χ2n) is 4.65. The quantitative estimate of drug-likeness (QED) is 0.772. The average Bonchev–Trinajstić information content (AvgIpc) is 2.38. The Morgan fingerprint density at radius 3 is 2.70 bits per heavy atom. The number of rotatable bonds is 6. The topological polar surface area (TPSA) is 61.4 Å². The van der Waals surface area contributed by atoms with Gasteiger partial charge in [0, 0.05) is 13.1 Å². The van der Waals surface area contributed by atoms with Crippen LogP contribution in [0.2, 0.25) is 0 Å². The number of nitrogens with one attached hydrogen (secondary N) is 2. The highest BCUT2D eigenvalue weighted by atomic mass is 16.2. The van der Waals surface area contributed by atoms with Crippen LogP contribution in [0.15, 0.2) is 36.9 Å². The predicted molar refractivity (Wildman–Crippen MR) is 79.3 cm³/mol. The number of imide groups is 1. The first-order valence-corrected chi connectivity index (χ1v) is 6.44. The van der Waals surface area contributed by atoms with Crippen molar-refractivity contribution in [1.82, 2.24) is 15.5 Å². The molecule has 5 heteroatoms. The fraction of sp³-hybridized carbons (Fsp3) is 0.333. The number of aryl methyl sites for hydroxylation is 1. The van der Waals surface area contributed by atoms with Gasteiger partial charge in [-0.05, 0) is 25.1 Å². The zero-order chi connectivity index (χ0) is 15.0. The lowest BCUT2D eigenvalue weighted by Gasteiger charge is -2.17. The Morgan fingerprint density at radius 2 is 2.05 bits per heavy atom. The lowest BCUT2D eigenvalue weighted by Crippen LogP contribution is -2.43. The number of carbonyl (C=O) groups excluding carboxylic acids is 2. The van der Waals surface area contributed by atoms with Crippen molar-refractivity contribution in [3.05, 3.63) is 48.0 Å². The van der Waals surface area contributed by atoms with E-state index in [4.69, 9.17) is 0 Å². The van der Waals surface area contributed by atoms with Crippen LogP contribution in [-0.4, -0.2) is 37.0 Å². The molecule has 0 atom stereocenters. The molecule has 0 saturated heterocycles. The SMILES string of the molecule is C=CCNC(=O)NC(=O)CN(C)Cc1ccccc1C. The van der Waals surface area contributed by atoms with Crippen LogP contribution in [0.25, 0.3) is 0 Å². The van der Waals surface area contributed by atoms with Gasteiger partial charge in [-0.15, -0.1) is 6.58 Å². The third-order valence-corrected chi connectivity index (χ3v) is 2.77. The first-order valence-electron chi connectivity index (χ1n) is 6.44. The first-order chi connectivity index (χ1) is 9.52. The van der Waals surface area contributed by atoms with Crippen LogP contribution >= 0.6 is 0 Å². The molecule has 1 aromatic carbocycles. The summed E-state index contributed by atoms with van der Waals surface area (Å²) in [7, 11) is 1.84. The summed E-state index contributed by atoms with van der Waals surface area (Å²) in [5.74, 6) is -0.331. The van der Waals surface area contributed by atoms with E-state index in [1.807, 2.05) is 43.1 Å². The maximum atomic E-state index is 11.7. The van der Waals surface area contributed by atoms with E-state index in [1.54, 1.807) is 6.08 Å². The first kappa shape index (κ1) is 15.9. The van der Waals surface area contributed by atoms with E-state index in [2.05, 4.69) is 17.2 Å². The molecule has 3 amide bonds. The minimum Gasteiger partial charge on any atom is -0.334 e. The molecule has 0 fully saturated rings. The highest BCUT2D eigenvalue weighted by Gasteiger charge is 2.10. The summed E-state index contributed by atoms with van der Waals surface area (Å²) in [6, 6.07) is 7.51. The minimum atomic E-state index is -0.501. The number of urea groups is 1. The van der Waals surface area contributed by atoms with Gasteiger partial charge in [-0.25, -0.2) is 4.79 Å². The Hall–Kier alpha value is -2.14. The lowest BCUT2D eigenvalue weighted by molar-refractivity contribution is -0.120. The van der Waals surface area contributed by atoms with E-state index in [0.29, 0.717) is 13.1 Å². The van der Waals surface area contributed by atoms with Crippen LogP contribution < -0.4 is 10.6 Å². The fourth-order valence-electron chi connectivity index (χ4n) is 1.75. The molecule has 0 unspecified atom stereocenters. The summed E-state index contributed by atoms with van der Waals surface area (Å²) >= 11 is 0. The Bertz CT molecular complexity index is 486. The average molecular weight is 275 g/mol. The van der Waals surface area contributed by atoms with Crippen molar-refractivity contribution in [2.45, 2.75) is 13.5 Å².